The van der Waals surface area contributed by atoms with E-state index in [-0.39, 0.29) is 12.5 Å². The van der Waals surface area contributed by atoms with Gasteiger partial charge in [0.15, 0.2) is 0 Å². The highest BCUT2D eigenvalue weighted by Crippen LogP contribution is 2.16. The van der Waals surface area contributed by atoms with Gasteiger partial charge in [-0.05, 0) is 31.1 Å². The van der Waals surface area contributed by atoms with E-state index in [1.54, 1.807) is 4.90 Å². The van der Waals surface area contributed by atoms with Crippen molar-refractivity contribution in [3.05, 3.63) is 0 Å². The van der Waals surface area contributed by atoms with Gasteiger partial charge < -0.3 is 10.0 Å². The minimum absolute atomic E-state index is 0.220. The van der Waals surface area contributed by atoms with Crippen molar-refractivity contribution in [3.63, 3.8) is 0 Å². The van der Waals surface area contributed by atoms with Crippen LogP contribution in [0, 0.1) is 18.3 Å². The molecule has 0 bridgehead atoms. The van der Waals surface area contributed by atoms with E-state index in [0.29, 0.717) is 12.5 Å². The van der Waals surface area contributed by atoms with Crippen molar-refractivity contribution in [2.45, 2.75) is 19.3 Å². The lowest BCUT2D eigenvalue weighted by Gasteiger charge is -2.16. The van der Waals surface area contributed by atoms with Crippen LogP contribution in [0.15, 0.2) is 0 Å². The van der Waals surface area contributed by atoms with E-state index < -0.39 is 0 Å². The Kier molecular flexibility index (Phi) is 3.78. The summed E-state index contributed by atoms with van der Waals surface area (Å²) in [6.07, 6.45) is 7.83. The molecule has 0 aromatic rings. The maximum absolute atomic E-state index is 11.1. The van der Waals surface area contributed by atoms with E-state index in [2.05, 4.69) is 5.92 Å². The molecule has 0 spiro atoms. The molecule has 1 fully saturated rings. The average molecular weight is 181 g/mol. The number of hydrogen-bond donors (Lipinski definition) is 1. The molecule has 1 amide bonds. The largest absolute Gasteiger partial charge is 0.396 e. The second kappa shape index (κ2) is 4.88. The van der Waals surface area contributed by atoms with Gasteiger partial charge in [-0.2, -0.15) is 0 Å². The maximum Gasteiger partial charge on any atom is 0.298 e. The minimum Gasteiger partial charge on any atom is -0.396 e. The number of terminal acetylenes is 1. The third-order valence-corrected chi connectivity index (χ3v) is 2.52. The highest BCUT2D eigenvalue weighted by atomic mass is 16.3. The van der Waals surface area contributed by atoms with Crippen molar-refractivity contribution >= 4 is 5.91 Å². The van der Waals surface area contributed by atoms with E-state index in [1.165, 1.54) is 0 Å². The van der Waals surface area contributed by atoms with E-state index >= 15 is 0 Å². The lowest BCUT2D eigenvalue weighted by Crippen LogP contribution is -2.30. The predicted octanol–water partition coefficient (Wildman–Crippen LogP) is 0.241. The topological polar surface area (TPSA) is 40.5 Å². The fourth-order valence-electron chi connectivity index (χ4n) is 1.64. The van der Waals surface area contributed by atoms with Gasteiger partial charge in [0.05, 0.1) is 0 Å². The zero-order valence-corrected chi connectivity index (χ0v) is 7.70. The lowest BCUT2D eigenvalue weighted by atomic mass is 10.0. The Balaban J connectivity index is 2.45. The van der Waals surface area contributed by atoms with Gasteiger partial charge in [-0.3, -0.25) is 4.79 Å². The van der Waals surface area contributed by atoms with Gasteiger partial charge in [-0.25, -0.2) is 0 Å². The summed E-state index contributed by atoms with van der Waals surface area (Å²) < 4.78 is 0. The van der Waals surface area contributed by atoms with Crippen LogP contribution in [0.1, 0.15) is 19.3 Å². The van der Waals surface area contributed by atoms with Crippen LogP contribution in [0.4, 0.5) is 0 Å². The number of amides is 1. The standard InChI is InChI=1S/C10H15NO2/c1-2-10(13)11-6-3-4-9(8-12)5-7-11/h1,9,12H,3-8H2. The van der Waals surface area contributed by atoms with E-state index in [0.717, 1.165) is 25.8 Å². The second-order valence-electron chi connectivity index (χ2n) is 3.42. The van der Waals surface area contributed by atoms with Crippen molar-refractivity contribution in [3.8, 4) is 12.3 Å². The Morgan fingerprint density at radius 2 is 2.31 bits per heavy atom. The summed E-state index contributed by atoms with van der Waals surface area (Å²) in [7, 11) is 0. The fraction of sp³-hybridized carbons (Fsp3) is 0.700. The molecule has 1 heterocycles. The molecular weight excluding hydrogens is 166 g/mol. The van der Waals surface area contributed by atoms with Gasteiger partial charge in [0.1, 0.15) is 0 Å². The Bertz CT molecular complexity index is 219. The predicted molar refractivity (Wildman–Crippen MR) is 49.8 cm³/mol. The summed E-state index contributed by atoms with van der Waals surface area (Å²) in [6.45, 7) is 1.64. The molecule has 13 heavy (non-hydrogen) atoms. The number of nitrogens with zero attached hydrogens (tertiary/aromatic N) is 1. The van der Waals surface area contributed by atoms with Crippen molar-refractivity contribution in [2.75, 3.05) is 19.7 Å². The first-order valence-electron chi connectivity index (χ1n) is 4.64. The summed E-state index contributed by atoms with van der Waals surface area (Å²) in [4.78, 5) is 12.8. The summed E-state index contributed by atoms with van der Waals surface area (Å²) >= 11 is 0. The summed E-state index contributed by atoms with van der Waals surface area (Å²) in [6, 6.07) is 0. The molecule has 1 N–H and O–H groups in total. The molecule has 1 rings (SSSR count). The Morgan fingerprint density at radius 1 is 1.54 bits per heavy atom. The second-order valence-corrected chi connectivity index (χ2v) is 3.42. The highest BCUT2D eigenvalue weighted by Gasteiger charge is 2.18. The van der Waals surface area contributed by atoms with Crippen LogP contribution in [0.5, 0.6) is 0 Å². The molecule has 3 heteroatoms. The first-order valence-corrected chi connectivity index (χ1v) is 4.64. The van der Waals surface area contributed by atoms with Gasteiger partial charge in [0, 0.05) is 19.7 Å². The quantitative estimate of drug-likeness (QED) is 0.589. The monoisotopic (exact) mass is 181 g/mol. The molecule has 1 aliphatic rings. The first-order chi connectivity index (χ1) is 6.27. The SMILES string of the molecule is C#CC(=O)N1CCCC(CO)CC1. The van der Waals surface area contributed by atoms with Crippen LogP contribution in [-0.2, 0) is 4.79 Å². The molecular formula is C10H15NO2. The number of likely N-dealkylation sites (tertiary alicyclic amines) is 1. The molecule has 0 saturated carbocycles. The molecule has 3 nitrogen and oxygen atoms in total. The third-order valence-electron chi connectivity index (χ3n) is 2.52. The smallest absolute Gasteiger partial charge is 0.298 e. The summed E-state index contributed by atoms with van der Waals surface area (Å²) in [5.74, 6) is 2.24. The van der Waals surface area contributed by atoms with Gasteiger partial charge in [-0.15, -0.1) is 6.42 Å². The molecule has 72 valence electrons. The molecule has 1 aliphatic heterocycles. The highest BCUT2D eigenvalue weighted by molar-refractivity contribution is 5.92. The lowest BCUT2D eigenvalue weighted by molar-refractivity contribution is -0.125. The average Bonchev–Trinajstić information content (AvgIpc) is 2.41. The van der Waals surface area contributed by atoms with Crippen LogP contribution in [0.3, 0.4) is 0 Å². The molecule has 0 aromatic carbocycles. The number of carbonyl (C=O) groups excluding carboxylic acids is 1. The van der Waals surface area contributed by atoms with Crippen LogP contribution < -0.4 is 0 Å². The Morgan fingerprint density at radius 3 is 2.92 bits per heavy atom. The number of aliphatic hydroxyl groups excluding tert-OH is 1. The fourth-order valence-corrected chi connectivity index (χ4v) is 1.64. The molecule has 1 saturated heterocycles. The maximum atomic E-state index is 11.1. The van der Waals surface area contributed by atoms with Crippen molar-refractivity contribution < 1.29 is 9.90 Å². The summed E-state index contributed by atoms with van der Waals surface area (Å²) in [5, 5.41) is 8.95. The van der Waals surface area contributed by atoms with E-state index in [1.807, 2.05) is 0 Å². The van der Waals surface area contributed by atoms with Crippen LogP contribution >= 0.6 is 0 Å². The van der Waals surface area contributed by atoms with E-state index in [4.69, 9.17) is 11.5 Å². The van der Waals surface area contributed by atoms with Crippen LogP contribution in [0.25, 0.3) is 0 Å². The number of carbonyl (C=O) groups is 1. The molecule has 1 unspecified atom stereocenters. The molecule has 1 atom stereocenters. The summed E-state index contributed by atoms with van der Waals surface area (Å²) in [5.41, 5.74) is 0. The van der Waals surface area contributed by atoms with Crippen LogP contribution in [0.2, 0.25) is 0 Å². The van der Waals surface area contributed by atoms with Crippen molar-refractivity contribution in [1.82, 2.24) is 4.90 Å². The van der Waals surface area contributed by atoms with Crippen molar-refractivity contribution in [2.24, 2.45) is 5.92 Å². The normalized spacial score (nSPS) is 23.4. The van der Waals surface area contributed by atoms with E-state index in [9.17, 15) is 4.79 Å². The Labute approximate surface area is 78.7 Å². The van der Waals surface area contributed by atoms with Gasteiger partial charge in [-0.1, -0.05) is 0 Å². The minimum atomic E-state index is -0.224. The zero-order valence-electron chi connectivity index (χ0n) is 7.70. The Hall–Kier alpha value is -1.01. The van der Waals surface area contributed by atoms with Gasteiger partial charge in [0.25, 0.3) is 5.91 Å². The molecule has 0 aromatic heterocycles. The van der Waals surface area contributed by atoms with Crippen molar-refractivity contribution in [1.29, 1.82) is 0 Å². The first kappa shape index (κ1) is 10.1. The molecule has 0 radical (unpaired) electrons. The zero-order chi connectivity index (χ0) is 9.68. The van der Waals surface area contributed by atoms with Gasteiger partial charge in [0.2, 0.25) is 0 Å². The molecule has 0 aliphatic carbocycles. The number of aliphatic hydroxyl groups is 1. The third kappa shape index (κ3) is 2.74. The number of hydrogen-bond acceptors (Lipinski definition) is 2. The van der Waals surface area contributed by atoms with Gasteiger partial charge >= 0.3 is 0 Å². The number of rotatable bonds is 1. The van der Waals surface area contributed by atoms with Crippen LogP contribution in [-0.4, -0.2) is 35.6 Å².